The minimum absolute atomic E-state index is 0.139. The molecule has 1 aliphatic rings. The Labute approximate surface area is 132 Å². The van der Waals surface area contributed by atoms with E-state index in [2.05, 4.69) is 22.4 Å². The van der Waals surface area contributed by atoms with Crippen molar-refractivity contribution in [3.63, 3.8) is 0 Å². The van der Waals surface area contributed by atoms with E-state index in [4.69, 9.17) is 9.47 Å². The molecule has 22 heavy (non-hydrogen) atoms. The fraction of sp³-hybridized carbons (Fsp3) is 0.400. The maximum absolute atomic E-state index is 12.3. The molecule has 0 aliphatic carbocycles. The Balaban J connectivity index is 1.66. The van der Waals surface area contributed by atoms with Crippen LogP contribution in [-0.2, 0) is 6.42 Å². The van der Waals surface area contributed by atoms with E-state index in [1.807, 2.05) is 0 Å². The number of aromatic nitrogens is 2. The van der Waals surface area contributed by atoms with Crippen molar-refractivity contribution in [1.29, 1.82) is 0 Å². The van der Waals surface area contributed by atoms with Gasteiger partial charge in [0.15, 0.2) is 11.5 Å². The number of ether oxygens (including phenoxy) is 2. The Morgan fingerprint density at radius 2 is 2.23 bits per heavy atom. The minimum Gasteiger partial charge on any atom is -0.454 e. The van der Waals surface area contributed by atoms with E-state index in [0.29, 0.717) is 22.2 Å². The van der Waals surface area contributed by atoms with Gasteiger partial charge in [0, 0.05) is 6.42 Å². The highest BCUT2D eigenvalue weighted by atomic mass is 32.1. The van der Waals surface area contributed by atoms with Gasteiger partial charge in [0.2, 0.25) is 11.9 Å². The van der Waals surface area contributed by atoms with E-state index in [1.165, 1.54) is 24.2 Å². The van der Waals surface area contributed by atoms with E-state index in [1.54, 1.807) is 18.2 Å². The fourth-order valence-corrected chi connectivity index (χ4v) is 2.98. The summed E-state index contributed by atoms with van der Waals surface area (Å²) in [6, 6.07) is 5.24. The summed E-state index contributed by atoms with van der Waals surface area (Å²) in [6.45, 7) is 2.30. The van der Waals surface area contributed by atoms with E-state index >= 15 is 0 Å². The molecule has 1 aromatic carbocycles. The van der Waals surface area contributed by atoms with Crippen LogP contribution in [0, 0.1) is 0 Å². The highest BCUT2D eigenvalue weighted by Gasteiger charge is 2.22. The van der Waals surface area contributed by atoms with Crippen LogP contribution in [-0.4, -0.2) is 22.9 Å². The average Bonchev–Trinajstić information content (AvgIpc) is 3.16. The molecule has 1 amide bonds. The third kappa shape index (κ3) is 3.19. The van der Waals surface area contributed by atoms with Crippen molar-refractivity contribution >= 4 is 22.4 Å². The molecular weight excluding hydrogens is 302 g/mol. The average molecular weight is 319 g/mol. The molecule has 0 saturated carbocycles. The zero-order valence-corrected chi connectivity index (χ0v) is 13.1. The summed E-state index contributed by atoms with van der Waals surface area (Å²) in [6.07, 6.45) is 4.34. The Bertz CT molecular complexity index is 672. The molecule has 0 unspecified atom stereocenters. The number of para-hydroxylation sites is 1. The molecular formula is C15H17N3O3S. The maximum Gasteiger partial charge on any atom is 0.261 e. The van der Waals surface area contributed by atoms with Gasteiger partial charge in [-0.05, 0) is 18.6 Å². The van der Waals surface area contributed by atoms with Crippen LogP contribution >= 0.6 is 11.3 Å². The molecule has 1 aliphatic heterocycles. The second-order valence-electron chi connectivity index (χ2n) is 4.95. The van der Waals surface area contributed by atoms with Crippen molar-refractivity contribution < 1.29 is 14.3 Å². The topological polar surface area (TPSA) is 73.3 Å². The molecule has 2 heterocycles. The normalized spacial score (nSPS) is 12.4. The number of hydrogen-bond donors (Lipinski definition) is 1. The van der Waals surface area contributed by atoms with Gasteiger partial charge in [-0.1, -0.05) is 37.2 Å². The number of unbranched alkanes of at least 4 members (excludes halogenated alkanes) is 2. The first-order valence-corrected chi connectivity index (χ1v) is 8.12. The Morgan fingerprint density at radius 1 is 1.32 bits per heavy atom. The van der Waals surface area contributed by atoms with Crippen LogP contribution in [0.4, 0.5) is 5.13 Å². The van der Waals surface area contributed by atoms with Gasteiger partial charge >= 0.3 is 0 Å². The van der Waals surface area contributed by atoms with Crippen LogP contribution < -0.4 is 14.8 Å². The van der Waals surface area contributed by atoms with Crippen LogP contribution in [0.3, 0.4) is 0 Å². The summed E-state index contributed by atoms with van der Waals surface area (Å²) in [5.74, 6) is 0.802. The number of anilines is 1. The number of carbonyl (C=O) groups is 1. The SMILES string of the molecule is CCCCCc1nnc(NC(=O)c2cccc3c2OCO3)s1. The first-order valence-electron chi connectivity index (χ1n) is 7.30. The molecule has 1 N–H and O–H groups in total. The van der Waals surface area contributed by atoms with Crippen LogP contribution in [0.2, 0.25) is 0 Å². The van der Waals surface area contributed by atoms with Crippen molar-refractivity contribution in [2.45, 2.75) is 32.6 Å². The Hall–Kier alpha value is -2.15. The summed E-state index contributed by atoms with van der Waals surface area (Å²) < 4.78 is 10.6. The lowest BCUT2D eigenvalue weighted by Crippen LogP contribution is -2.12. The predicted molar refractivity (Wildman–Crippen MR) is 83.7 cm³/mol. The number of aryl methyl sites for hydroxylation is 1. The number of hydrogen-bond acceptors (Lipinski definition) is 6. The van der Waals surface area contributed by atoms with Gasteiger partial charge in [-0.25, -0.2) is 0 Å². The lowest BCUT2D eigenvalue weighted by Gasteiger charge is -2.04. The van der Waals surface area contributed by atoms with E-state index in [0.717, 1.165) is 17.8 Å². The van der Waals surface area contributed by atoms with Crippen molar-refractivity contribution in [3.05, 3.63) is 28.8 Å². The molecule has 7 heteroatoms. The number of fused-ring (bicyclic) bond motifs is 1. The summed E-state index contributed by atoms with van der Waals surface area (Å²) in [5, 5.41) is 12.3. The van der Waals surface area contributed by atoms with Gasteiger partial charge in [0.1, 0.15) is 5.01 Å². The number of nitrogens with one attached hydrogen (secondary N) is 1. The number of carbonyl (C=O) groups excluding carboxylic acids is 1. The van der Waals surface area contributed by atoms with Crippen LogP contribution in [0.15, 0.2) is 18.2 Å². The minimum atomic E-state index is -0.265. The Morgan fingerprint density at radius 3 is 3.09 bits per heavy atom. The van der Waals surface area contributed by atoms with Crippen molar-refractivity contribution in [3.8, 4) is 11.5 Å². The van der Waals surface area contributed by atoms with Gasteiger partial charge in [-0.3, -0.25) is 10.1 Å². The molecule has 3 rings (SSSR count). The van der Waals surface area contributed by atoms with Crippen LogP contribution in [0.1, 0.15) is 41.6 Å². The summed E-state index contributed by atoms with van der Waals surface area (Å²) in [4.78, 5) is 12.3. The van der Waals surface area contributed by atoms with Crippen molar-refractivity contribution in [1.82, 2.24) is 10.2 Å². The predicted octanol–water partition coefficient (Wildman–Crippen LogP) is 3.25. The number of amides is 1. The molecule has 116 valence electrons. The van der Waals surface area contributed by atoms with Crippen molar-refractivity contribution in [2.75, 3.05) is 12.1 Å². The number of nitrogens with zero attached hydrogens (tertiary/aromatic N) is 2. The zero-order chi connectivity index (χ0) is 15.4. The molecule has 0 fully saturated rings. The van der Waals surface area contributed by atoms with Gasteiger partial charge < -0.3 is 9.47 Å². The molecule has 1 aromatic heterocycles. The molecule has 0 radical (unpaired) electrons. The maximum atomic E-state index is 12.3. The van der Waals surface area contributed by atoms with Gasteiger partial charge in [0.05, 0.1) is 5.56 Å². The molecule has 0 saturated heterocycles. The van der Waals surface area contributed by atoms with Crippen LogP contribution in [0.5, 0.6) is 11.5 Å². The molecule has 6 nitrogen and oxygen atoms in total. The van der Waals surface area contributed by atoms with E-state index in [9.17, 15) is 4.79 Å². The van der Waals surface area contributed by atoms with Crippen LogP contribution in [0.25, 0.3) is 0 Å². The fourth-order valence-electron chi connectivity index (χ4n) is 2.20. The number of benzene rings is 1. The first-order chi connectivity index (χ1) is 10.8. The standard InChI is InChI=1S/C15H17N3O3S/c1-2-3-4-8-12-17-18-15(22-12)16-14(19)10-6-5-7-11-13(10)21-9-20-11/h5-7H,2-4,8-9H2,1H3,(H,16,18,19). The highest BCUT2D eigenvalue weighted by molar-refractivity contribution is 7.15. The number of rotatable bonds is 6. The second kappa shape index (κ2) is 6.74. The van der Waals surface area contributed by atoms with E-state index in [-0.39, 0.29) is 12.7 Å². The lowest BCUT2D eigenvalue weighted by atomic mass is 10.2. The quantitative estimate of drug-likeness (QED) is 0.827. The largest absolute Gasteiger partial charge is 0.454 e. The third-order valence-corrected chi connectivity index (χ3v) is 4.22. The first kappa shape index (κ1) is 14.8. The zero-order valence-electron chi connectivity index (χ0n) is 12.3. The monoisotopic (exact) mass is 319 g/mol. The highest BCUT2D eigenvalue weighted by Crippen LogP contribution is 2.35. The van der Waals surface area contributed by atoms with E-state index < -0.39 is 0 Å². The third-order valence-electron chi connectivity index (χ3n) is 3.32. The van der Waals surface area contributed by atoms with Crippen molar-refractivity contribution in [2.24, 2.45) is 0 Å². The lowest BCUT2D eigenvalue weighted by molar-refractivity contribution is 0.102. The smallest absolute Gasteiger partial charge is 0.261 e. The van der Waals surface area contributed by atoms with Gasteiger partial charge in [-0.2, -0.15) is 0 Å². The molecule has 2 aromatic rings. The Kier molecular flexibility index (Phi) is 4.53. The van der Waals surface area contributed by atoms with Gasteiger partial charge in [-0.15, -0.1) is 10.2 Å². The van der Waals surface area contributed by atoms with Gasteiger partial charge in [0.25, 0.3) is 5.91 Å². The summed E-state index contributed by atoms with van der Waals surface area (Å²) in [5.41, 5.74) is 0.442. The second-order valence-corrected chi connectivity index (χ2v) is 6.01. The molecule has 0 bridgehead atoms. The molecule has 0 spiro atoms. The summed E-state index contributed by atoms with van der Waals surface area (Å²) in [7, 11) is 0. The summed E-state index contributed by atoms with van der Waals surface area (Å²) >= 11 is 1.41. The molecule has 0 atom stereocenters.